The first kappa shape index (κ1) is 18.5. The number of aryl methyl sites for hydroxylation is 1. The minimum atomic E-state index is -3.67. The predicted octanol–water partition coefficient (Wildman–Crippen LogP) is 3.39. The van der Waals surface area contributed by atoms with Crippen LogP contribution in [-0.4, -0.2) is 25.0 Å². The lowest BCUT2D eigenvalue weighted by Gasteiger charge is -2.11. The Morgan fingerprint density at radius 3 is 2.69 bits per heavy atom. The second-order valence-corrected chi connectivity index (χ2v) is 8.10. The summed E-state index contributed by atoms with van der Waals surface area (Å²) in [7, 11) is -3.67. The molecule has 0 unspecified atom stereocenters. The zero-order valence-corrected chi connectivity index (χ0v) is 16.1. The van der Waals surface area contributed by atoms with E-state index in [0.717, 1.165) is 11.1 Å². The molecular weight excluding hydrogens is 370 g/mol. The van der Waals surface area contributed by atoms with E-state index in [-0.39, 0.29) is 11.4 Å². The van der Waals surface area contributed by atoms with Crippen molar-refractivity contribution in [3.05, 3.63) is 58.7 Å². The van der Waals surface area contributed by atoms with Crippen molar-refractivity contribution in [2.24, 2.45) is 0 Å². The third-order valence-electron chi connectivity index (χ3n) is 3.75. The number of ether oxygens (including phenoxy) is 1. The van der Waals surface area contributed by atoms with E-state index < -0.39 is 10.0 Å². The van der Waals surface area contributed by atoms with E-state index in [2.05, 4.69) is 14.7 Å². The molecular formula is C18H19N3O3S2. The maximum Gasteiger partial charge on any atom is 0.240 e. The molecule has 0 spiro atoms. The lowest BCUT2D eigenvalue weighted by atomic mass is 10.2. The molecule has 0 aliphatic carbocycles. The maximum absolute atomic E-state index is 12.6. The molecule has 1 N–H and O–H groups in total. The zero-order valence-electron chi connectivity index (χ0n) is 14.5. The van der Waals surface area contributed by atoms with E-state index in [1.165, 1.54) is 6.07 Å². The average molecular weight is 390 g/mol. The maximum atomic E-state index is 12.6. The fourth-order valence-corrected chi connectivity index (χ4v) is 4.20. The molecule has 0 bridgehead atoms. The molecule has 6 nitrogen and oxygen atoms in total. The number of benzene rings is 1. The van der Waals surface area contributed by atoms with Crippen LogP contribution in [0.2, 0.25) is 0 Å². The second kappa shape index (κ2) is 7.94. The average Bonchev–Trinajstić information content (AvgIpc) is 3.16. The molecule has 0 fully saturated rings. The Labute approximate surface area is 157 Å². The number of thiophene rings is 1. The number of rotatable bonds is 7. The largest absolute Gasteiger partial charge is 0.494 e. The van der Waals surface area contributed by atoms with Gasteiger partial charge in [-0.1, -0.05) is 0 Å². The van der Waals surface area contributed by atoms with E-state index in [1.54, 1.807) is 35.9 Å². The van der Waals surface area contributed by atoms with Crippen LogP contribution in [0.3, 0.4) is 0 Å². The van der Waals surface area contributed by atoms with Gasteiger partial charge in [0.15, 0.2) is 0 Å². The van der Waals surface area contributed by atoms with Gasteiger partial charge < -0.3 is 4.74 Å². The van der Waals surface area contributed by atoms with E-state index in [4.69, 9.17) is 4.74 Å². The van der Waals surface area contributed by atoms with Crippen molar-refractivity contribution in [3.63, 3.8) is 0 Å². The van der Waals surface area contributed by atoms with E-state index in [9.17, 15) is 8.42 Å². The van der Waals surface area contributed by atoms with Crippen molar-refractivity contribution in [1.29, 1.82) is 0 Å². The molecule has 1 aromatic carbocycles. The van der Waals surface area contributed by atoms with Gasteiger partial charge in [0.05, 0.1) is 29.4 Å². The van der Waals surface area contributed by atoms with Crippen molar-refractivity contribution in [2.45, 2.75) is 25.3 Å². The minimum absolute atomic E-state index is 0.0631. The van der Waals surface area contributed by atoms with Crippen LogP contribution in [0.15, 0.2) is 52.3 Å². The summed E-state index contributed by atoms with van der Waals surface area (Å²) in [5.41, 5.74) is 2.96. The van der Waals surface area contributed by atoms with Gasteiger partial charge in [0.2, 0.25) is 10.0 Å². The van der Waals surface area contributed by atoms with Crippen LogP contribution in [0, 0.1) is 6.92 Å². The van der Waals surface area contributed by atoms with Crippen molar-refractivity contribution in [2.75, 3.05) is 6.61 Å². The summed E-state index contributed by atoms with van der Waals surface area (Å²) in [5, 5.41) is 3.90. The molecule has 3 rings (SSSR count). The third kappa shape index (κ3) is 4.09. The smallest absolute Gasteiger partial charge is 0.240 e. The highest BCUT2D eigenvalue weighted by Crippen LogP contribution is 2.24. The highest BCUT2D eigenvalue weighted by molar-refractivity contribution is 7.89. The Bertz CT molecular complexity index is 987. The van der Waals surface area contributed by atoms with E-state index in [0.29, 0.717) is 23.7 Å². The van der Waals surface area contributed by atoms with Gasteiger partial charge >= 0.3 is 0 Å². The zero-order chi connectivity index (χ0) is 18.6. The molecule has 0 saturated heterocycles. The standard InChI is InChI=1S/C18H19N3O3S2/c1-3-24-17-5-4-15(10-13(17)2)26(22,23)21-11-16-18(20-8-7-19-16)14-6-9-25-12-14/h4-10,12,21H,3,11H2,1-2H3. The van der Waals surface area contributed by atoms with Gasteiger partial charge in [-0.25, -0.2) is 13.1 Å². The Kier molecular flexibility index (Phi) is 5.65. The lowest BCUT2D eigenvalue weighted by molar-refractivity contribution is 0.337. The second-order valence-electron chi connectivity index (χ2n) is 5.55. The van der Waals surface area contributed by atoms with Crippen LogP contribution in [0.5, 0.6) is 5.75 Å². The van der Waals surface area contributed by atoms with Crippen LogP contribution < -0.4 is 9.46 Å². The van der Waals surface area contributed by atoms with Gasteiger partial charge in [0.25, 0.3) is 0 Å². The summed E-state index contributed by atoms with van der Waals surface area (Å²) in [6, 6.07) is 6.75. The van der Waals surface area contributed by atoms with Gasteiger partial charge in [0.1, 0.15) is 5.75 Å². The normalized spacial score (nSPS) is 11.5. The summed E-state index contributed by atoms with van der Waals surface area (Å²) in [6.07, 6.45) is 3.15. The molecule has 3 aromatic rings. The van der Waals surface area contributed by atoms with Gasteiger partial charge in [-0.3, -0.25) is 9.97 Å². The Morgan fingerprint density at radius 1 is 1.19 bits per heavy atom. The summed E-state index contributed by atoms with van der Waals surface area (Å²) < 4.78 is 33.3. The minimum Gasteiger partial charge on any atom is -0.494 e. The van der Waals surface area contributed by atoms with E-state index in [1.807, 2.05) is 30.7 Å². The number of nitrogens with zero attached hydrogens (tertiary/aromatic N) is 2. The SMILES string of the molecule is CCOc1ccc(S(=O)(=O)NCc2nccnc2-c2ccsc2)cc1C. The predicted molar refractivity (Wildman–Crippen MR) is 102 cm³/mol. The lowest BCUT2D eigenvalue weighted by Crippen LogP contribution is -2.24. The number of sulfonamides is 1. The molecule has 2 heterocycles. The summed E-state index contributed by atoms with van der Waals surface area (Å²) in [6.45, 7) is 4.30. The fraction of sp³-hybridized carbons (Fsp3) is 0.222. The van der Waals surface area contributed by atoms with Crippen LogP contribution >= 0.6 is 11.3 Å². The summed E-state index contributed by atoms with van der Waals surface area (Å²) in [5.74, 6) is 0.681. The van der Waals surface area contributed by atoms with Gasteiger partial charge in [-0.2, -0.15) is 11.3 Å². The molecule has 8 heteroatoms. The van der Waals surface area contributed by atoms with E-state index >= 15 is 0 Å². The first-order valence-electron chi connectivity index (χ1n) is 8.07. The van der Waals surface area contributed by atoms with Crippen LogP contribution in [0.4, 0.5) is 0 Å². The topological polar surface area (TPSA) is 81.2 Å². The van der Waals surface area contributed by atoms with Gasteiger partial charge in [0, 0.05) is 23.3 Å². The van der Waals surface area contributed by atoms with Crippen molar-refractivity contribution < 1.29 is 13.2 Å². The van der Waals surface area contributed by atoms with Crippen molar-refractivity contribution in [3.8, 4) is 17.0 Å². The molecule has 0 aliphatic rings. The molecule has 0 atom stereocenters. The highest BCUT2D eigenvalue weighted by atomic mass is 32.2. The summed E-state index contributed by atoms with van der Waals surface area (Å²) >= 11 is 1.55. The molecule has 136 valence electrons. The number of aromatic nitrogens is 2. The number of hydrogen-bond donors (Lipinski definition) is 1. The molecule has 0 aliphatic heterocycles. The van der Waals surface area contributed by atoms with Gasteiger partial charge in [-0.15, -0.1) is 0 Å². The molecule has 26 heavy (non-hydrogen) atoms. The third-order valence-corrected chi connectivity index (χ3v) is 5.84. The fourth-order valence-electron chi connectivity index (χ4n) is 2.49. The number of nitrogens with one attached hydrogen (secondary N) is 1. The number of hydrogen-bond acceptors (Lipinski definition) is 6. The Hall–Kier alpha value is -2.29. The van der Waals surface area contributed by atoms with Crippen molar-refractivity contribution in [1.82, 2.24) is 14.7 Å². The Balaban J connectivity index is 1.81. The molecule has 0 amide bonds. The highest BCUT2D eigenvalue weighted by Gasteiger charge is 2.17. The quantitative estimate of drug-likeness (QED) is 0.670. The monoisotopic (exact) mass is 389 g/mol. The first-order chi connectivity index (χ1) is 12.5. The van der Waals surface area contributed by atoms with Gasteiger partial charge in [-0.05, 0) is 49.1 Å². The van der Waals surface area contributed by atoms with Crippen molar-refractivity contribution >= 4 is 21.4 Å². The Morgan fingerprint density at radius 2 is 2.00 bits per heavy atom. The van der Waals surface area contributed by atoms with Crippen LogP contribution in [-0.2, 0) is 16.6 Å². The van der Waals surface area contributed by atoms with Crippen LogP contribution in [0.1, 0.15) is 18.2 Å². The molecule has 0 saturated carbocycles. The molecule has 0 radical (unpaired) electrons. The summed E-state index contributed by atoms with van der Waals surface area (Å²) in [4.78, 5) is 8.81. The first-order valence-corrected chi connectivity index (χ1v) is 10.5. The molecule has 2 aromatic heterocycles. The van der Waals surface area contributed by atoms with Crippen LogP contribution in [0.25, 0.3) is 11.3 Å².